The molecule has 0 spiro atoms. The SMILES string of the molecule is CO[C@H]1C[C@@H](N)C(=O)[C@H](C)O1. The first-order valence-electron chi connectivity index (χ1n) is 3.62. The highest BCUT2D eigenvalue weighted by Gasteiger charge is 2.32. The van der Waals surface area contributed by atoms with E-state index in [9.17, 15) is 4.79 Å². The van der Waals surface area contributed by atoms with Gasteiger partial charge in [-0.15, -0.1) is 0 Å². The topological polar surface area (TPSA) is 61.5 Å². The van der Waals surface area contributed by atoms with Gasteiger partial charge in [0.05, 0.1) is 6.04 Å². The molecule has 0 unspecified atom stereocenters. The van der Waals surface area contributed by atoms with Gasteiger partial charge in [0, 0.05) is 13.5 Å². The number of carbonyl (C=O) groups excluding carboxylic acids is 1. The molecule has 0 radical (unpaired) electrons. The van der Waals surface area contributed by atoms with Crippen molar-refractivity contribution in [1.82, 2.24) is 0 Å². The Bertz CT molecular complexity index is 146. The van der Waals surface area contributed by atoms with Crippen LogP contribution in [0.5, 0.6) is 0 Å². The van der Waals surface area contributed by atoms with Crippen molar-refractivity contribution in [1.29, 1.82) is 0 Å². The second-order valence-corrected chi connectivity index (χ2v) is 2.69. The van der Waals surface area contributed by atoms with Gasteiger partial charge in [0.1, 0.15) is 6.10 Å². The summed E-state index contributed by atoms with van der Waals surface area (Å²) >= 11 is 0. The minimum Gasteiger partial charge on any atom is -0.356 e. The van der Waals surface area contributed by atoms with E-state index in [4.69, 9.17) is 15.2 Å². The summed E-state index contributed by atoms with van der Waals surface area (Å²) < 4.78 is 10.1. The summed E-state index contributed by atoms with van der Waals surface area (Å²) in [7, 11) is 1.54. The first kappa shape index (κ1) is 8.64. The molecule has 4 nitrogen and oxygen atoms in total. The first-order valence-corrected chi connectivity index (χ1v) is 3.62. The van der Waals surface area contributed by atoms with Crippen molar-refractivity contribution >= 4 is 5.78 Å². The molecule has 3 atom stereocenters. The lowest BCUT2D eigenvalue weighted by Crippen LogP contribution is -2.48. The molecule has 2 N–H and O–H groups in total. The molecule has 1 aliphatic heterocycles. The lowest BCUT2D eigenvalue weighted by molar-refractivity contribution is -0.185. The third kappa shape index (κ3) is 1.77. The summed E-state index contributed by atoms with van der Waals surface area (Å²) in [4.78, 5) is 11.1. The fourth-order valence-corrected chi connectivity index (χ4v) is 1.13. The minimum absolute atomic E-state index is 0.0432. The lowest BCUT2D eigenvalue weighted by atomic mass is 10.0. The maximum absolute atomic E-state index is 11.1. The van der Waals surface area contributed by atoms with Gasteiger partial charge in [0.25, 0.3) is 0 Å². The Kier molecular flexibility index (Phi) is 2.59. The van der Waals surface area contributed by atoms with Crippen LogP contribution >= 0.6 is 0 Å². The van der Waals surface area contributed by atoms with Crippen LogP contribution in [0.2, 0.25) is 0 Å². The van der Waals surface area contributed by atoms with Gasteiger partial charge in [-0.2, -0.15) is 0 Å². The largest absolute Gasteiger partial charge is 0.356 e. The zero-order valence-corrected chi connectivity index (χ0v) is 6.74. The Labute approximate surface area is 65.7 Å². The van der Waals surface area contributed by atoms with Gasteiger partial charge in [-0.05, 0) is 6.92 Å². The molecule has 1 rings (SSSR count). The van der Waals surface area contributed by atoms with Gasteiger partial charge in [-0.1, -0.05) is 0 Å². The van der Waals surface area contributed by atoms with E-state index in [2.05, 4.69) is 0 Å². The van der Waals surface area contributed by atoms with Crippen LogP contribution in [0.15, 0.2) is 0 Å². The highest BCUT2D eigenvalue weighted by atomic mass is 16.7. The molecular weight excluding hydrogens is 146 g/mol. The molecule has 4 heteroatoms. The zero-order valence-electron chi connectivity index (χ0n) is 6.74. The van der Waals surface area contributed by atoms with Gasteiger partial charge in [0.15, 0.2) is 12.1 Å². The van der Waals surface area contributed by atoms with Crippen molar-refractivity contribution in [3.63, 3.8) is 0 Å². The van der Waals surface area contributed by atoms with Gasteiger partial charge >= 0.3 is 0 Å². The average Bonchev–Trinajstić information content (AvgIpc) is 1.99. The van der Waals surface area contributed by atoms with E-state index >= 15 is 0 Å². The average molecular weight is 159 g/mol. The van der Waals surface area contributed by atoms with Crippen LogP contribution in [0.3, 0.4) is 0 Å². The summed E-state index contributed by atoms with van der Waals surface area (Å²) in [5.41, 5.74) is 5.53. The molecule has 0 aromatic heterocycles. The Morgan fingerprint density at radius 1 is 1.73 bits per heavy atom. The van der Waals surface area contributed by atoms with Crippen molar-refractivity contribution in [3.8, 4) is 0 Å². The fraction of sp³-hybridized carbons (Fsp3) is 0.857. The Balaban J connectivity index is 2.54. The van der Waals surface area contributed by atoms with Gasteiger partial charge in [0.2, 0.25) is 0 Å². The molecule has 11 heavy (non-hydrogen) atoms. The Hall–Kier alpha value is -0.450. The number of nitrogens with two attached hydrogens (primary N) is 1. The van der Waals surface area contributed by atoms with E-state index in [0.29, 0.717) is 6.42 Å². The van der Waals surface area contributed by atoms with Gasteiger partial charge in [-0.25, -0.2) is 0 Å². The smallest absolute Gasteiger partial charge is 0.178 e. The number of rotatable bonds is 1. The third-order valence-electron chi connectivity index (χ3n) is 1.83. The monoisotopic (exact) mass is 159 g/mol. The van der Waals surface area contributed by atoms with E-state index in [-0.39, 0.29) is 12.1 Å². The van der Waals surface area contributed by atoms with Crippen molar-refractivity contribution in [3.05, 3.63) is 0 Å². The standard InChI is InChI=1S/C7H13NO3/c1-4-7(9)5(8)3-6(10-2)11-4/h4-6H,3,8H2,1-2H3/t4-,5+,6+/m0/s1. The molecular formula is C7H13NO3. The maximum atomic E-state index is 11.1. The molecule has 0 saturated carbocycles. The van der Waals surface area contributed by atoms with Crippen LogP contribution in [-0.4, -0.2) is 31.3 Å². The Morgan fingerprint density at radius 2 is 2.36 bits per heavy atom. The van der Waals surface area contributed by atoms with Crippen LogP contribution in [-0.2, 0) is 14.3 Å². The number of hydrogen-bond acceptors (Lipinski definition) is 4. The molecule has 1 heterocycles. The van der Waals surface area contributed by atoms with E-state index in [1.165, 1.54) is 0 Å². The lowest BCUT2D eigenvalue weighted by Gasteiger charge is -2.29. The van der Waals surface area contributed by atoms with Crippen LogP contribution in [0.1, 0.15) is 13.3 Å². The minimum atomic E-state index is -0.427. The van der Waals surface area contributed by atoms with Gasteiger partial charge in [-0.3, -0.25) is 4.79 Å². The highest BCUT2D eigenvalue weighted by Crippen LogP contribution is 2.15. The molecule has 0 aromatic carbocycles. The first-order chi connectivity index (χ1) is 5.15. The predicted molar refractivity (Wildman–Crippen MR) is 38.9 cm³/mol. The third-order valence-corrected chi connectivity index (χ3v) is 1.83. The molecule has 64 valence electrons. The summed E-state index contributed by atoms with van der Waals surface area (Å²) in [6.45, 7) is 1.69. The Morgan fingerprint density at radius 3 is 2.82 bits per heavy atom. The zero-order chi connectivity index (χ0) is 8.43. The summed E-state index contributed by atoms with van der Waals surface area (Å²) in [5.74, 6) is -0.0432. The van der Waals surface area contributed by atoms with E-state index in [1.54, 1.807) is 14.0 Å². The van der Waals surface area contributed by atoms with Crippen molar-refractivity contribution in [2.24, 2.45) is 5.73 Å². The molecule has 1 aliphatic rings. The van der Waals surface area contributed by atoms with E-state index in [0.717, 1.165) is 0 Å². The van der Waals surface area contributed by atoms with Crippen molar-refractivity contribution in [2.45, 2.75) is 31.8 Å². The number of carbonyl (C=O) groups is 1. The van der Waals surface area contributed by atoms with Crippen LogP contribution < -0.4 is 5.73 Å². The van der Waals surface area contributed by atoms with E-state index in [1.807, 2.05) is 0 Å². The summed E-state index contributed by atoms with van der Waals surface area (Å²) in [6, 6.07) is -0.427. The molecule has 0 amide bonds. The van der Waals surface area contributed by atoms with Crippen LogP contribution in [0.4, 0.5) is 0 Å². The molecule has 1 saturated heterocycles. The number of Topliss-reactive ketones (excluding diaryl/α,β-unsaturated/α-hetero) is 1. The maximum Gasteiger partial charge on any atom is 0.178 e. The van der Waals surface area contributed by atoms with E-state index < -0.39 is 12.1 Å². The van der Waals surface area contributed by atoms with Crippen LogP contribution in [0, 0.1) is 0 Å². The van der Waals surface area contributed by atoms with Crippen molar-refractivity contribution in [2.75, 3.05) is 7.11 Å². The number of hydrogen-bond donors (Lipinski definition) is 1. The summed E-state index contributed by atoms with van der Waals surface area (Å²) in [6.07, 6.45) is -0.291. The van der Waals surface area contributed by atoms with Crippen molar-refractivity contribution < 1.29 is 14.3 Å². The normalized spacial score (nSPS) is 39.2. The number of methoxy groups -OCH3 is 1. The predicted octanol–water partition coefficient (Wildman–Crippen LogP) is -0.336. The quantitative estimate of drug-likeness (QED) is 0.568. The highest BCUT2D eigenvalue weighted by molar-refractivity contribution is 5.88. The molecule has 0 aromatic rings. The number of ether oxygens (including phenoxy) is 2. The van der Waals surface area contributed by atoms with Crippen LogP contribution in [0.25, 0.3) is 0 Å². The van der Waals surface area contributed by atoms with Gasteiger partial charge < -0.3 is 15.2 Å². The molecule has 0 bridgehead atoms. The molecule has 0 aliphatic carbocycles. The number of ketones is 1. The fourth-order valence-electron chi connectivity index (χ4n) is 1.13. The second kappa shape index (κ2) is 3.30. The second-order valence-electron chi connectivity index (χ2n) is 2.69. The molecule has 1 fully saturated rings. The summed E-state index contributed by atoms with van der Waals surface area (Å²) in [5, 5.41) is 0.